The lowest BCUT2D eigenvalue weighted by Gasteiger charge is -2.46. The molecule has 1 aromatic carbocycles. The van der Waals surface area contributed by atoms with Gasteiger partial charge in [-0.05, 0) is 56.9 Å². The Hall–Kier alpha value is -1.68. The van der Waals surface area contributed by atoms with Crippen molar-refractivity contribution in [1.82, 2.24) is 0 Å². The molecule has 1 heterocycles. The van der Waals surface area contributed by atoms with Crippen LogP contribution < -0.4 is 4.74 Å². The number of aliphatic hydroxyl groups is 1. The monoisotopic (exact) mass is 346 g/mol. The molecule has 0 spiro atoms. The summed E-state index contributed by atoms with van der Waals surface area (Å²) in [6.07, 6.45) is 8.23. The van der Waals surface area contributed by atoms with Crippen molar-refractivity contribution in [3.8, 4) is 11.5 Å². The highest BCUT2D eigenvalue weighted by Crippen LogP contribution is 2.53. The van der Waals surface area contributed by atoms with E-state index in [0.717, 1.165) is 48.3 Å². The van der Waals surface area contributed by atoms with Crippen molar-refractivity contribution in [1.29, 1.82) is 0 Å². The number of aromatic hydroxyl groups is 1. The molecule has 2 N–H and O–H groups in total. The molecule has 138 valence electrons. The van der Waals surface area contributed by atoms with Crippen LogP contribution in [0.3, 0.4) is 0 Å². The number of aliphatic hydroxyl groups excluding tert-OH is 1. The lowest BCUT2D eigenvalue weighted by Crippen LogP contribution is -2.45. The molecular formula is C21H30O4. The molecule has 2 aliphatic rings. The predicted molar refractivity (Wildman–Crippen MR) is 97.8 cm³/mol. The number of rotatable bonds is 6. The fourth-order valence-corrected chi connectivity index (χ4v) is 4.31. The zero-order chi connectivity index (χ0) is 18.0. The van der Waals surface area contributed by atoms with E-state index in [0.29, 0.717) is 5.75 Å². The van der Waals surface area contributed by atoms with E-state index in [2.05, 4.69) is 32.9 Å². The molecule has 0 radical (unpaired) electrons. The molecule has 0 fully saturated rings. The summed E-state index contributed by atoms with van der Waals surface area (Å²) < 4.78 is 11.7. The number of hydrogen-bond donors (Lipinski definition) is 2. The van der Waals surface area contributed by atoms with E-state index in [4.69, 9.17) is 14.6 Å². The Morgan fingerprint density at radius 2 is 2.08 bits per heavy atom. The first-order valence-electron chi connectivity index (χ1n) is 9.45. The highest BCUT2D eigenvalue weighted by molar-refractivity contribution is 5.53. The van der Waals surface area contributed by atoms with Gasteiger partial charge in [-0.15, -0.1) is 0 Å². The molecule has 1 aliphatic heterocycles. The van der Waals surface area contributed by atoms with Crippen molar-refractivity contribution in [3.05, 3.63) is 35.1 Å². The Morgan fingerprint density at radius 1 is 1.28 bits per heavy atom. The molecule has 4 heteroatoms. The van der Waals surface area contributed by atoms with Crippen LogP contribution in [-0.2, 0) is 11.2 Å². The topological polar surface area (TPSA) is 58.9 Å². The van der Waals surface area contributed by atoms with E-state index in [1.54, 1.807) is 0 Å². The maximum absolute atomic E-state index is 10.7. The van der Waals surface area contributed by atoms with E-state index in [-0.39, 0.29) is 24.2 Å². The number of hydrogen-bond acceptors (Lipinski definition) is 4. The Bertz CT molecular complexity index is 648. The third-order valence-electron chi connectivity index (χ3n) is 5.60. The average Bonchev–Trinajstić information content (AvgIpc) is 2.54. The fourth-order valence-electron chi connectivity index (χ4n) is 4.31. The van der Waals surface area contributed by atoms with Crippen molar-refractivity contribution in [2.45, 2.75) is 70.8 Å². The number of fused-ring (bicyclic) bond motifs is 3. The first-order valence-corrected chi connectivity index (χ1v) is 9.45. The summed E-state index contributed by atoms with van der Waals surface area (Å²) in [5, 5.41) is 19.8. The SMILES string of the molecule is CCCCCc1cc(O)c2c(c1)OC(C)(C)C1CCC(OCO)=CC21. The normalized spacial score (nSPS) is 23.9. The molecule has 1 aromatic rings. The highest BCUT2D eigenvalue weighted by Gasteiger charge is 2.45. The van der Waals surface area contributed by atoms with Gasteiger partial charge in [0.2, 0.25) is 0 Å². The molecule has 0 saturated carbocycles. The fraction of sp³-hybridized carbons (Fsp3) is 0.619. The smallest absolute Gasteiger partial charge is 0.185 e. The highest BCUT2D eigenvalue weighted by atomic mass is 16.6. The molecule has 0 aromatic heterocycles. The van der Waals surface area contributed by atoms with Crippen LogP contribution in [0.25, 0.3) is 0 Å². The minimum Gasteiger partial charge on any atom is -0.507 e. The van der Waals surface area contributed by atoms with Crippen LogP contribution in [0, 0.1) is 5.92 Å². The van der Waals surface area contributed by atoms with Gasteiger partial charge < -0.3 is 19.7 Å². The van der Waals surface area contributed by atoms with E-state index >= 15 is 0 Å². The van der Waals surface area contributed by atoms with Gasteiger partial charge in [0.25, 0.3) is 0 Å². The predicted octanol–water partition coefficient (Wildman–Crippen LogP) is 4.64. The molecule has 0 amide bonds. The minimum absolute atomic E-state index is 0.0544. The summed E-state index contributed by atoms with van der Waals surface area (Å²) in [5.41, 5.74) is 1.70. The molecule has 4 nitrogen and oxygen atoms in total. The Labute approximate surface area is 150 Å². The van der Waals surface area contributed by atoms with Gasteiger partial charge >= 0.3 is 0 Å². The standard InChI is InChI=1S/C21H30O4/c1-4-5-6-7-14-10-18(23)20-16-12-15(24-13-22)8-9-17(16)21(2,3)25-19(20)11-14/h10-12,16-17,22-23H,4-9,13H2,1-3H3. The van der Waals surface area contributed by atoms with Crippen LogP contribution >= 0.6 is 0 Å². The summed E-state index contributed by atoms with van der Waals surface area (Å²) >= 11 is 0. The molecule has 2 atom stereocenters. The van der Waals surface area contributed by atoms with Crippen LogP contribution in [-0.4, -0.2) is 22.6 Å². The average molecular weight is 346 g/mol. The van der Waals surface area contributed by atoms with Gasteiger partial charge in [0.1, 0.15) is 17.1 Å². The number of aryl methyl sites for hydroxylation is 1. The second-order valence-electron chi connectivity index (χ2n) is 7.77. The molecule has 3 rings (SSSR count). The minimum atomic E-state index is -0.307. The van der Waals surface area contributed by atoms with Gasteiger partial charge in [-0.3, -0.25) is 0 Å². The summed E-state index contributed by atoms with van der Waals surface area (Å²) in [6, 6.07) is 3.99. The second kappa shape index (κ2) is 7.28. The van der Waals surface area contributed by atoms with Crippen molar-refractivity contribution in [2.24, 2.45) is 5.92 Å². The quantitative estimate of drug-likeness (QED) is 0.582. The molecule has 0 bridgehead atoms. The molecule has 2 unspecified atom stereocenters. The van der Waals surface area contributed by atoms with Gasteiger partial charge in [0.15, 0.2) is 6.79 Å². The summed E-state index contributed by atoms with van der Waals surface area (Å²) in [7, 11) is 0. The lowest BCUT2D eigenvalue weighted by molar-refractivity contribution is -0.00467. The first-order chi connectivity index (χ1) is 12.0. The lowest BCUT2D eigenvalue weighted by atomic mass is 9.69. The number of allylic oxidation sites excluding steroid dienone is 2. The van der Waals surface area contributed by atoms with Crippen LogP contribution in [0.5, 0.6) is 11.5 Å². The van der Waals surface area contributed by atoms with Crippen LogP contribution in [0.1, 0.15) is 69.9 Å². The van der Waals surface area contributed by atoms with Gasteiger partial charge in [-0.1, -0.05) is 19.8 Å². The maximum atomic E-state index is 10.7. The Kier molecular flexibility index (Phi) is 5.28. The number of ether oxygens (including phenoxy) is 2. The number of unbranched alkanes of at least 4 members (excludes halogenated alkanes) is 2. The number of phenols is 1. The molecule has 0 saturated heterocycles. The van der Waals surface area contributed by atoms with Crippen molar-refractivity contribution >= 4 is 0 Å². The Balaban J connectivity index is 1.97. The molecule has 1 aliphatic carbocycles. The maximum Gasteiger partial charge on any atom is 0.185 e. The van der Waals surface area contributed by atoms with Crippen LogP contribution in [0.2, 0.25) is 0 Å². The third-order valence-corrected chi connectivity index (χ3v) is 5.60. The van der Waals surface area contributed by atoms with Gasteiger partial charge in [-0.2, -0.15) is 0 Å². The van der Waals surface area contributed by atoms with Gasteiger partial charge in [-0.25, -0.2) is 0 Å². The first kappa shape index (κ1) is 18.1. The van der Waals surface area contributed by atoms with E-state index in [9.17, 15) is 5.11 Å². The van der Waals surface area contributed by atoms with E-state index in [1.807, 2.05) is 6.07 Å². The summed E-state index contributed by atoms with van der Waals surface area (Å²) in [5.74, 6) is 2.25. The third kappa shape index (κ3) is 3.64. The van der Waals surface area contributed by atoms with Crippen LogP contribution in [0.15, 0.2) is 24.0 Å². The number of phenolic OH excluding ortho intramolecular Hbond substituents is 1. The largest absolute Gasteiger partial charge is 0.507 e. The zero-order valence-corrected chi connectivity index (χ0v) is 15.5. The van der Waals surface area contributed by atoms with Crippen molar-refractivity contribution in [3.63, 3.8) is 0 Å². The van der Waals surface area contributed by atoms with Gasteiger partial charge in [0.05, 0.1) is 5.76 Å². The zero-order valence-electron chi connectivity index (χ0n) is 15.5. The van der Waals surface area contributed by atoms with Crippen molar-refractivity contribution < 1.29 is 19.7 Å². The van der Waals surface area contributed by atoms with Crippen molar-refractivity contribution in [2.75, 3.05) is 6.79 Å². The van der Waals surface area contributed by atoms with Crippen LogP contribution in [0.4, 0.5) is 0 Å². The summed E-state index contributed by atoms with van der Waals surface area (Å²) in [4.78, 5) is 0. The molecular weight excluding hydrogens is 316 g/mol. The Morgan fingerprint density at radius 3 is 2.80 bits per heavy atom. The van der Waals surface area contributed by atoms with E-state index < -0.39 is 0 Å². The van der Waals surface area contributed by atoms with Gasteiger partial charge in [0, 0.05) is 23.8 Å². The van der Waals surface area contributed by atoms with E-state index in [1.165, 1.54) is 12.8 Å². The number of benzene rings is 1. The summed E-state index contributed by atoms with van der Waals surface area (Å²) in [6.45, 7) is 6.14. The second-order valence-corrected chi connectivity index (χ2v) is 7.77. The molecule has 25 heavy (non-hydrogen) atoms.